The lowest BCUT2D eigenvalue weighted by atomic mass is 10.2. The zero-order chi connectivity index (χ0) is 20.1. The van der Waals surface area contributed by atoms with Gasteiger partial charge in [0.05, 0.1) is 4.92 Å². The third-order valence-corrected chi connectivity index (χ3v) is 3.82. The van der Waals surface area contributed by atoms with Crippen LogP contribution in [0.2, 0.25) is 5.02 Å². The molecule has 0 saturated heterocycles. The largest absolute Gasteiger partial charge is 0.434 e. The third-order valence-electron chi connectivity index (χ3n) is 3.59. The van der Waals surface area contributed by atoms with Crippen LogP contribution in [0.25, 0.3) is 0 Å². The molecule has 2 aromatic carbocycles. The maximum Gasteiger partial charge on any atom is 0.374 e. The van der Waals surface area contributed by atoms with Crippen molar-refractivity contribution in [1.29, 1.82) is 0 Å². The highest BCUT2D eigenvalue weighted by Gasteiger charge is 2.25. The monoisotopic (exact) mass is 399 g/mol. The maximum atomic E-state index is 12.2. The van der Waals surface area contributed by atoms with Crippen molar-refractivity contribution in [3.8, 4) is 11.6 Å². The molecule has 3 aromatic rings. The lowest BCUT2D eigenvalue weighted by molar-refractivity contribution is -0.385. The zero-order valence-electron chi connectivity index (χ0n) is 14.5. The summed E-state index contributed by atoms with van der Waals surface area (Å²) in [6, 6.07) is 13.2. The molecule has 28 heavy (non-hydrogen) atoms. The minimum absolute atomic E-state index is 0.225. The first-order valence-electron chi connectivity index (χ1n) is 8.00. The summed E-state index contributed by atoms with van der Waals surface area (Å²) in [6.45, 7) is 1.90. The van der Waals surface area contributed by atoms with Crippen molar-refractivity contribution < 1.29 is 14.5 Å². The van der Waals surface area contributed by atoms with E-state index in [9.17, 15) is 14.9 Å². The van der Waals surface area contributed by atoms with Gasteiger partial charge < -0.3 is 4.74 Å². The Morgan fingerprint density at radius 1 is 1.18 bits per heavy atom. The van der Waals surface area contributed by atoms with Gasteiger partial charge in [-0.25, -0.2) is 4.98 Å². The van der Waals surface area contributed by atoms with E-state index in [0.29, 0.717) is 10.8 Å². The molecule has 0 radical (unpaired) electrons. The van der Waals surface area contributed by atoms with Gasteiger partial charge in [-0.1, -0.05) is 35.4 Å². The van der Waals surface area contributed by atoms with Crippen molar-refractivity contribution in [2.45, 2.75) is 6.92 Å². The van der Waals surface area contributed by atoms with E-state index in [4.69, 9.17) is 16.3 Å². The predicted octanol–water partition coefficient (Wildman–Crippen LogP) is 3.90. The molecule has 3 rings (SSSR count). The molecule has 0 fully saturated rings. The van der Waals surface area contributed by atoms with Crippen LogP contribution in [0.1, 0.15) is 15.9 Å². The number of nitro groups is 1. The lowest BCUT2D eigenvalue weighted by Gasteiger charge is -2.10. The Bertz CT molecular complexity index is 1030. The van der Waals surface area contributed by atoms with Gasteiger partial charge in [0.1, 0.15) is 12.1 Å². The number of hydrogen-bond acceptors (Lipinski definition) is 7. The first-order valence-corrected chi connectivity index (χ1v) is 8.37. The maximum absolute atomic E-state index is 12.2. The summed E-state index contributed by atoms with van der Waals surface area (Å²) in [5.41, 5.74) is 5.53. The Morgan fingerprint density at radius 3 is 2.61 bits per heavy atom. The summed E-state index contributed by atoms with van der Waals surface area (Å²) in [5.74, 6) is -0.654. The van der Waals surface area contributed by atoms with Crippen LogP contribution in [0.4, 0.5) is 11.5 Å². The predicted molar refractivity (Wildman–Crippen MR) is 102 cm³/mol. The van der Waals surface area contributed by atoms with Crippen molar-refractivity contribution in [3.05, 3.63) is 81.1 Å². The summed E-state index contributed by atoms with van der Waals surface area (Å²) in [6.07, 6.45) is 1.09. The molecule has 9 nitrogen and oxygen atoms in total. The highest BCUT2D eigenvalue weighted by Crippen LogP contribution is 2.33. The number of halogens is 1. The molecule has 0 atom stereocenters. The van der Waals surface area contributed by atoms with Gasteiger partial charge in [-0.3, -0.25) is 25.8 Å². The topological polar surface area (TPSA) is 119 Å². The van der Waals surface area contributed by atoms with Crippen LogP contribution in [0.5, 0.6) is 11.6 Å². The van der Waals surface area contributed by atoms with Gasteiger partial charge in [0.15, 0.2) is 0 Å². The molecule has 0 unspecified atom stereocenters. The molecular formula is C18H14ClN5O4. The fourth-order valence-corrected chi connectivity index (χ4v) is 2.42. The summed E-state index contributed by atoms with van der Waals surface area (Å²) in [4.78, 5) is 30.7. The molecule has 0 aliphatic rings. The summed E-state index contributed by atoms with van der Waals surface area (Å²) in [7, 11) is 0. The van der Waals surface area contributed by atoms with E-state index in [1.165, 1.54) is 6.07 Å². The Hall–Kier alpha value is -3.72. The highest BCUT2D eigenvalue weighted by molar-refractivity contribution is 6.30. The van der Waals surface area contributed by atoms with Crippen LogP contribution >= 0.6 is 11.6 Å². The smallest absolute Gasteiger partial charge is 0.374 e. The second-order valence-corrected chi connectivity index (χ2v) is 6.07. The zero-order valence-corrected chi connectivity index (χ0v) is 15.3. The average molecular weight is 400 g/mol. The highest BCUT2D eigenvalue weighted by atomic mass is 35.5. The number of ether oxygens (including phenoxy) is 1. The molecule has 0 aliphatic heterocycles. The Kier molecular flexibility index (Phi) is 5.66. The molecule has 2 N–H and O–H groups in total. The van der Waals surface area contributed by atoms with Crippen LogP contribution in [-0.4, -0.2) is 20.8 Å². The Morgan fingerprint density at radius 2 is 1.93 bits per heavy atom. The molecule has 0 aliphatic carbocycles. The number of anilines is 1. The number of hydrazine groups is 1. The van der Waals surface area contributed by atoms with Crippen LogP contribution in [0.3, 0.4) is 0 Å². The number of hydrogen-bond donors (Lipinski definition) is 2. The normalized spacial score (nSPS) is 10.2. The van der Waals surface area contributed by atoms with Crippen LogP contribution in [0.15, 0.2) is 54.9 Å². The molecule has 1 aromatic heterocycles. The van der Waals surface area contributed by atoms with Gasteiger partial charge in [0.25, 0.3) is 5.91 Å². The average Bonchev–Trinajstić information content (AvgIpc) is 2.67. The first-order chi connectivity index (χ1) is 13.4. The van der Waals surface area contributed by atoms with Crippen LogP contribution in [0, 0.1) is 17.0 Å². The number of benzene rings is 2. The number of carbonyl (C=O) groups is 1. The molecule has 1 heterocycles. The van der Waals surface area contributed by atoms with E-state index < -0.39 is 16.5 Å². The van der Waals surface area contributed by atoms with Crippen LogP contribution in [-0.2, 0) is 0 Å². The SMILES string of the molecule is Cc1ccc(Oc2ncnc(NNC(=O)c3cccc(Cl)c3)c2[N+](=O)[O-])cc1. The number of aryl methyl sites for hydroxylation is 1. The molecule has 142 valence electrons. The van der Waals surface area contributed by atoms with E-state index >= 15 is 0 Å². The van der Waals surface area contributed by atoms with Crippen molar-refractivity contribution in [2.24, 2.45) is 0 Å². The summed E-state index contributed by atoms with van der Waals surface area (Å²) < 4.78 is 5.51. The van der Waals surface area contributed by atoms with Crippen molar-refractivity contribution in [1.82, 2.24) is 15.4 Å². The summed E-state index contributed by atoms with van der Waals surface area (Å²) in [5, 5.41) is 11.9. The number of nitrogens with zero attached hydrogens (tertiary/aromatic N) is 3. The standard InChI is InChI=1S/C18H14ClN5O4/c1-11-5-7-14(8-6-11)28-18-15(24(26)27)16(20-10-21-18)22-23-17(25)12-3-2-4-13(19)9-12/h2-10H,1H3,(H,23,25)(H,20,21,22). The van der Waals surface area contributed by atoms with Gasteiger partial charge >= 0.3 is 11.6 Å². The molecule has 0 bridgehead atoms. The molecule has 1 amide bonds. The minimum Gasteiger partial charge on any atom is -0.434 e. The Balaban J connectivity index is 1.81. The quantitative estimate of drug-likeness (QED) is 0.476. The fraction of sp³-hybridized carbons (Fsp3) is 0.0556. The van der Waals surface area contributed by atoms with Gasteiger partial charge in [0.2, 0.25) is 5.82 Å². The van der Waals surface area contributed by atoms with Crippen molar-refractivity contribution in [3.63, 3.8) is 0 Å². The van der Waals surface area contributed by atoms with E-state index in [1.807, 2.05) is 6.92 Å². The van der Waals surface area contributed by atoms with Crippen molar-refractivity contribution in [2.75, 3.05) is 5.43 Å². The fourth-order valence-electron chi connectivity index (χ4n) is 2.23. The number of carbonyl (C=O) groups excluding carboxylic acids is 1. The third kappa shape index (κ3) is 4.51. The van der Waals surface area contributed by atoms with E-state index in [1.54, 1.807) is 42.5 Å². The molecule has 10 heteroatoms. The van der Waals surface area contributed by atoms with Gasteiger partial charge in [-0.15, -0.1) is 0 Å². The van der Waals surface area contributed by atoms with E-state index in [-0.39, 0.29) is 17.3 Å². The molecular weight excluding hydrogens is 386 g/mol. The Labute approximate surface area is 164 Å². The van der Waals surface area contributed by atoms with Crippen LogP contribution < -0.4 is 15.6 Å². The number of rotatable bonds is 6. The minimum atomic E-state index is -0.697. The second-order valence-electron chi connectivity index (χ2n) is 5.64. The van der Waals surface area contributed by atoms with Gasteiger partial charge in [0, 0.05) is 10.6 Å². The first kappa shape index (κ1) is 19.1. The van der Waals surface area contributed by atoms with Gasteiger partial charge in [-0.05, 0) is 37.3 Å². The number of aromatic nitrogens is 2. The molecule has 0 spiro atoms. The number of nitrogens with one attached hydrogen (secondary N) is 2. The summed E-state index contributed by atoms with van der Waals surface area (Å²) >= 11 is 5.85. The van der Waals surface area contributed by atoms with Gasteiger partial charge in [-0.2, -0.15) is 4.98 Å². The van der Waals surface area contributed by atoms with E-state index in [2.05, 4.69) is 20.8 Å². The lowest BCUT2D eigenvalue weighted by Crippen LogP contribution is -2.30. The number of amides is 1. The molecule has 0 saturated carbocycles. The van der Waals surface area contributed by atoms with Crippen molar-refractivity contribution >= 4 is 29.0 Å². The second kappa shape index (κ2) is 8.31. The van der Waals surface area contributed by atoms with E-state index in [0.717, 1.165) is 11.9 Å².